The summed E-state index contributed by atoms with van der Waals surface area (Å²) in [5, 5.41) is 8.69. The molecular formula is C12H23N4O3S2+. The average molecular weight is 335 g/mol. The summed E-state index contributed by atoms with van der Waals surface area (Å²) in [4.78, 5) is 14.7. The third-order valence-electron chi connectivity index (χ3n) is 2.89. The highest BCUT2D eigenvalue weighted by Crippen LogP contribution is 2.40. The lowest BCUT2D eigenvalue weighted by Gasteiger charge is -2.16. The molecule has 2 amide bonds. The van der Waals surface area contributed by atoms with Gasteiger partial charge in [-0.1, -0.05) is 30.5 Å². The monoisotopic (exact) mass is 335 g/mol. The molecule has 21 heavy (non-hydrogen) atoms. The number of carbonyl (C=O) groups is 1. The standard InChI is InChI=1S/C12H23N4O3S2/c1-6-8-9-21(18,19)20-10(7-2)13-14-11(20)16(5)12(17)15(3)4/h6-9H2,1-5H3/q+1. The molecule has 0 spiro atoms. The van der Waals surface area contributed by atoms with Crippen LogP contribution in [0.5, 0.6) is 0 Å². The van der Waals surface area contributed by atoms with E-state index in [0.717, 1.165) is 6.42 Å². The van der Waals surface area contributed by atoms with Crippen LogP contribution in [0.3, 0.4) is 0 Å². The van der Waals surface area contributed by atoms with E-state index < -0.39 is 18.4 Å². The van der Waals surface area contributed by atoms with Gasteiger partial charge < -0.3 is 4.90 Å². The molecular weight excluding hydrogens is 312 g/mol. The maximum absolute atomic E-state index is 12.6. The second-order valence-corrected chi connectivity index (χ2v) is 10.3. The normalized spacial score (nSPS) is 12.3. The number of anilines is 1. The van der Waals surface area contributed by atoms with Crippen molar-refractivity contribution >= 4 is 29.5 Å². The number of rotatable bonds is 6. The summed E-state index contributed by atoms with van der Waals surface area (Å²) in [6, 6.07) is -0.315. The zero-order valence-electron chi connectivity index (χ0n) is 13.2. The minimum Gasteiger partial charge on any atom is -0.330 e. The van der Waals surface area contributed by atoms with E-state index in [-0.39, 0.29) is 16.9 Å². The van der Waals surface area contributed by atoms with E-state index in [1.807, 2.05) is 13.8 Å². The molecule has 7 nitrogen and oxygen atoms in total. The fourth-order valence-electron chi connectivity index (χ4n) is 1.72. The van der Waals surface area contributed by atoms with Crippen LogP contribution in [0, 0.1) is 0 Å². The van der Waals surface area contributed by atoms with E-state index in [1.165, 1.54) is 16.8 Å². The van der Waals surface area contributed by atoms with E-state index >= 15 is 0 Å². The summed E-state index contributed by atoms with van der Waals surface area (Å²) < 4.78 is 25.1. The first-order valence-corrected chi connectivity index (χ1v) is 10.2. The summed E-state index contributed by atoms with van der Waals surface area (Å²) in [6.07, 6.45) is 1.90. The van der Waals surface area contributed by atoms with Crippen molar-refractivity contribution in [3.8, 4) is 0 Å². The molecule has 0 saturated heterocycles. The Labute approximate surface area is 128 Å². The van der Waals surface area contributed by atoms with Gasteiger partial charge in [0.25, 0.3) is 5.01 Å². The number of hydrogen-bond donors (Lipinski definition) is 0. The van der Waals surface area contributed by atoms with Gasteiger partial charge in [0, 0.05) is 27.6 Å². The molecule has 1 aromatic heterocycles. The molecule has 1 rings (SSSR count). The van der Waals surface area contributed by atoms with Crippen molar-refractivity contribution in [2.24, 2.45) is 0 Å². The molecule has 1 heterocycles. The Morgan fingerprint density at radius 2 is 1.81 bits per heavy atom. The molecule has 0 aliphatic heterocycles. The SMILES string of the molecule is CCCCS(=O)(=O)[s+]1c(CC)nnc1N(C)C(=O)N(C)C. The van der Waals surface area contributed by atoms with E-state index in [4.69, 9.17) is 0 Å². The van der Waals surface area contributed by atoms with Crippen LogP contribution in [0.15, 0.2) is 0 Å². The van der Waals surface area contributed by atoms with E-state index in [9.17, 15) is 13.2 Å². The molecule has 0 aliphatic carbocycles. The van der Waals surface area contributed by atoms with Crippen molar-refractivity contribution in [1.29, 1.82) is 0 Å². The molecule has 0 aromatic carbocycles. The van der Waals surface area contributed by atoms with Gasteiger partial charge in [-0.05, 0) is 6.42 Å². The molecule has 0 saturated carbocycles. The highest BCUT2D eigenvalue weighted by atomic mass is 33.2. The van der Waals surface area contributed by atoms with Crippen molar-refractivity contribution in [1.82, 2.24) is 15.1 Å². The van der Waals surface area contributed by atoms with Crippen LogP contribution in [0.2, 0.25) is 0 Å². The Morgan fingerprint density at radius 1 is 1.19 bits per heavy atom. The van der Waals surface area contributed by atoms with Crippen LogP contribution < -0.4 is 4.90 Å². The number of amides is 2. The first-order chi connectivity index (χ1) is 9.76. The highest BCUT2D eigenvalue weighted by Gasteiger charge is 2.40. The van der Waals surface area contributed by atoms with E-state index in [2.05, 4.69) is 10.2 Å². The van der Waals surface area contributed by atoms with Crippen molar-refractivity contribution in [3.63, 3.8) is 0 Å². The van der Waals surface area contributed by atoms with Crippen LogP contribution in [0.25, 0.3) is 0 Å². The van der Waals surface area contributed by atoms with Gasteiger partial charge in [-0.15, -0.1) is 0 Å². The molecule has 0 aliphatic rings. The van der Waals surface area contributed by atoms with Gasteiger partial charge in [0.1, 0.15) is 5.75 Å². The molecule has 0 bridgehead atoms. The molecule has 0 N–H and O–H groups in total. The van der Waals surface area contributed by atoms with E-state index in [1.54, 1.807) is 14.1 Å². The van der Waals surface area contributed by atoms with Crippen molar-refractivity contribution < 1.29 is 13.2 Å². The van der Waals surface area contributed by atoms with Gasteiger partial charge in [-0.2, -0.15) is 8.42 Å². The predicted molar refractivity (Wildman–Crippen MR) is 85.5 cm³/mol. The van der Waals surface area contributed by atoms with Crippen LogP contribution in [0.4, 0.5) is 9.93 Å². The first kappa shape index (κ1) is 17.8. The van der Waals surface area contributed by atoms with Crippen LogP contribution in [0.1, 0.15) is 31.7 Å². The van der Waals surface area contributed by atoms with Gasteiger partial charge in [0.15, 0.2) is 9.50 Å². The third kappa shape index (κ3) is 3.91. The Kier molecular flexibility index (Phi) is 6.09. The fourth-order valence-corrected chi connectivity index (χ4v) is 7.38. The second-order valence-electron chi connectivity index (χ2n) is 4.85. The number of aromatic nitrogens is 2. The van der Waals surface area contributed by atoms with Gasteiger partial charge in [-0.25, -0.2) is 9.69 Å². The Bertz CT molecular complexity index is 596. The summed E-state index contributed by atoms with van der Waals surface area (Å²) in [5.74, 6) is 0.0919. The Hall–Kier alpha value is -1.22. The molecule has 0 radical (unpaired) electrons. The van der Waals surface area contributed by atoms with Crippen LogP contribution >= 0.6 is 9.50 Å². The third-order valence-corrected chi connectivity index (χ3v) is 8.72. The molecule has 120 valence electrons. The average Bonchev–Trinajstić information content (AvgIpc) is 2.88. The molecule has 9 heteroatoms. The van der Waals surface area contributed by atoms with Gasteiger partial charge in [0.05, 0.1) is 0 Å². The Balaban J connectivity index is 3.31. The number of aryl methyl sites for hydroxylation is 1. The number of urea groups is 1. The number of carbonyl (C=O) groups excluding carboxylic acids is 1. The Morgan fingerprint density at radius 3 is 2.29 bits per heavy atom. The maximum Gasteiger partial charge on any atom is 0.388 e. The molecule has 0 fully saturated rings. The summed E-state index contributed by atoms with van der Waals surface area (Å²) in [6.45, 7) is 3.79. The topological polar surface area (TPSA) is 83.5 Å². The maximum atomic E-state index is 12.6. The van der Waals surface area contributed by atoms with Crippen molar-refractivity contribution in [2.75, 3.05) is 31.8 Å². The minimum absolute atomic E-state index is 0.0919. The van der Waals surface area contributed by atoms with Crippen molar-refractivity contribution in [2.45, 2.75) is 33.1 Å². The number of hydrogen-bond acceptors (Lipinski definition) is 5. The molecule has 1 atom stereocenters. The predicted octanol–water partition coefficient (Wildman–Crippen LogP) is 1.88. The van der Waals surface area contributed by atoms with Gasteiger partial charge >= 0.3 is 20.0 Å². The van der Waals surface area contributed by atoms with Gasteiger partial charge in [0.2, 0.25) is 0 Å². The van der Waals surface area contributed by atoms with Crippen LogP contribution in [-0.2, 0) is 15.3 Å². The molecule has 1 aromatic rings. The summed E-state index contributed by atoms with van der Waals surface area (Å²) in [7, 11) is 0.140. The number of unbranched alkanes of at least 4 members (excludes halogenated alkanes) is 1. The van der Waals surface area contributed by atoms with Gasteiger partial charge in [-0.3, -0.25) is 0 Å². The zero-order chi connectivity index (χ0) is 16.2. The zero-order valence-corrected chi connectivity index (χ0v) is 14.8. The molecule has 1 unspecified atom stereocenters. The lowest BCUT2D eigenvalue weighted by molar-refractivity contribution is 0.225. The minimum atomic E-state index is -3.38. The first-order valence-electron chi connectivity index (χ1n) is 6.83. The quantitative estimate of drug-likeness (QED) is 0.585. The highest BCUT2D eigenvalue weighted by molar-refractivity contribution is 8.40. The lowest BCUT2D eigenvalue weighted by Crippen LogP contribution is -2.36. The summed E-state index contributed by atoms with van der Waals surface area (Å²) in [5.41, 5.74) is 0. The fraction of sp³-hybridized carbons (Fsp3) is 0.750. The smallest absolute Gasteiger partial charge is 0.330 e. The number of nitrogens with zero attached hydrogens (tertiary/aromatic N) is 4. The summed E-state index contributed by atoms with van der Waals surface area (Å²) >= 11 is 0. The van der Waals surface area contributed by atoms with Crippen molar-refractivity contribution in [3.05, 3.63) is 5.01 Å². The largest absolute Gasteiger partial charge is 0.388 e. The second kappa shape index (κ2) is 7.17. The lowest BCUT2D eigenvalue weighted by atomic mass is 10.4. The van der Waals surface area contributed by atoms with E-state index in [0.29, 0.717) is 17.8 Å². The van der Waals surface area contributed by atoms with Crippen LogP contribution in [-0.4, -0.2) is 56.4 Å².